The first-order chi connectivity index (χ1) is 6.76. The third-order valence-electron chi connectivity index (χ3n) is 2.18. The van der Waals surface area contributed by atoms with Crippen LogP contribution in [0.15, 0.2) is 0 Å². The van der Waals surface area contributed by atoms with E-state index < -0.39 is 23.3 Å². The van der Waals surface area contributed by atoms with Crippen molar-refractivity contribution in [2.24, 2.45) is 0 Å². The van der Waals surface area contributed by atoms with Crippen LogP contribution < -0.4 is 5.32 Å². The maximum absolute atomic E-state index is 11.4. The first-order valence-corrected chi connectivity index (χ1v) is 4.92. The Balaban J connectivity index is 2.47. The third kappa shape index (κ3) is 3.20. The van der Waals surface area contributed by atoms with Crippen LogP contribution >= 0.6 is 0 Å². The first kappa shape index (κ1) is 12.0. The molecule has 1 amide bonds. The van der Waals surface area contributed by atoms with Gasteiger partial charge in [-0.05, 0) is 20.8 Å². The van der Waals surface area contributed by atoms with Crippen LogP contribution in [0.5, 0.6) is 0 Å². The molecule has 0 aliphatic heterocycles. The van der Waals surface area contributed by atoms with Crippen molar-refractivity contribution < 1.29 is 19.4 Å². The van der Waals surface area contributed by atoms with Crippen LogP contribution in [0.25, 0.3) is 0 Å². The number of rotatable bonds is 2. The Morgan fingerprint density at radius 2 is 2.07 bits per heavy atom. The number of carbonyl (C=O) groups is 2. The lowest BCUT2D eigenvalue weighted by molar-refractivity contribution is -0.121. The van der Waals surface area contributed by atoms with E-state index in [9.17, 15) is 9.59 Å². The molecule has 1 aliphatic rings. The van der Waals surface area contributed by atoms with E-state index >= 15 is 0 Å². The van der Waals surface area contributed by atoms with Gasteiger partial charge in [-0.2, -0.15) is 0 Å². The Labute approximate surface area is 88.8 Å². The molecule has 0 aromatic carbocycles. The zero-order valence-corrected chi connectivity index (χ0v) is 9.24. The van der Waals surface area contributed by atoms with Crippen molar-refractivity contribution in [3.63, 3.8) is 0 Å². The van der Waals surface area contributed by atoms with Crippen LogP contribution in [0.1, 0.15) is 33.6 Å². The molecule has 1 fully saturated rings. The van der Waals surface area contributed by atoms with Gasteiger partial charge < -0.3 is 20.0 Å². The lowest BCUT2D eigenvalue weighted by Gasteiger charge is -2.41. The second kappa shape index (κ2) is 3.81. The molecule has 0 atom stereocenters. The molecule has 0 spiro atoms. The van der Waals surface area contributed by atoms with Crippen molar-refractivity contribution in [3.8, 4) is 0 Å². The number of aliphatic hydroxyl groups excluding tert-OH is 1. The van der Waals surface area contributed by atoms with E-state index in [1.54, 1.807) is 20.8 Å². The summed E-state index contributed by atoms with van der Waals surface area (Å²) in [5, 5.41) is 11.6. The maximum Gasteiger partial charge on any atom is 0.408 e. The number of hydrogen-bond acceptors (Lipinski definition) is 4. The Bertz CT molecular complexity index is 263. The summed E-state index contributed by atoms with van der Waals surface area (Å²) in [7, 11) is 0. The quantitative estimate of drug-likeness (QED) is 0.661. The van der Waals surface area contributed by atoms with Crippen LogP contribution in [0.3, 0.4) is 0 Å². The van der Waals surface area contributed by atoms with E-state index in [1.807, 2.05) is 0 Å². The minimum absolute atomic E-state index is 0.260. The fourth-order valence-electron chi connectivity index (χ4n) is 1.52. The summed E-state index contributed by atoms with van der Waals surface area (Å²) in [5.41, 5.74) is -1.52. The Kier molecular flexibility index (Phi) is 3.04. The molecule has 0 saturated heterocycles. The summed E-state index contributed by atoms with van der Waals surface area (Å²) in [6.07, 6.45) is 0.0430. The van der Waals surface area contributed by atoms with Gasteiger partial charge in [0.15, 0.2) is 0 Å². The number of nitrogens with one attached hydrogen (secondary N) is 1. The number of aldehydes is 1. The standard InChI is InChI=1S/C10H17NO4/c1-9(2,3)15-8(14)11-10(6-12)4-7(13)5-10/h6-7,13H,4-5H2,1-3H3,(H,11,14). The first-order valence-electron chi connectivity index (χ1n) is 4.92. The van der Waals surface area contributed by atoms with Gasteiger partial charge in [-0.25, -0.2) is 4.79 Å². The van der Waals surface area contributed by atoms with Gasteiger partial charge in [-0.15, -0.1) is 0 Å². The molecule has 1 saturated carbocycles. The summed E-state index contributed by atoms with van der Waals surface area (Å²) >= 11 is 0. The van der Waals surface area contributed by atoms with Crippen LogP contribution in [0.2, 0.25) is 0 Å². The molecule has 86 valence electrons. The van der Waals surface area contributed by atoms with Gasteiger partial charge in [0.2, 0.25) is 0 Å². The molecular formula is C10H17NO4. The fraction of sp³-hybridized carbons (Fsp3) is 0.800. The van der Waals surface area contributed by atoms with E-state index in [2.05, 4.69) is 5.32 Å². The largest absolute Gasteiger partial charge is 0.444 e. The number of alkyl carbamates (subject to hydrolysis) is 1. The summed E-state index contributed by atoms with van der Waals surface area (Å²) in [6.45, 7) is 5.24. The highest BCUT2D eigenvalue weighted by molar-refractivity contribution is 5.77. The van der Waals surface area contributed by atoms with Crippen molar-refractivity contribution >= 4 is 12.4 Å². The van der Waals surface area contributed by atoms with Crippen LogP contribution in [-0.4, -0.2) is 34.7 Å². The second-order valence-corrected chi connectivity index (χ2v) is 4.96. The molecule has 5 nitrogen and oxygen atoms in total. The van der Waals surface area contributed by atoms with Crippen molar-refractivity contribution in [3.05, 3.63) is 0 Å². The number of ether oxygens (including phenoxy) is 1. The van der Waals surface area contributed by atoms with Gasteiger partial charge in [0, 0.05) is 12.8 Å². The smallest absolute Gasteiger partial charge is 0.408 e. The van der Waals surface area contributed by atoms with Gasteiger partial charge in [0.25, 0.3) is 0 Å². The second-order valence-electron chi connectivity index (χ2n) is 4.96. The van der Waals surface area contributed by atoms with Crippen molar-refractivity contribution in [2.45, 2.75) is 50.9 Å². The summed E-state index contributed by atoms with van der Waals surface area (Å²) in [6, 6.07) is 0. The van der Waals surface area contributed by atoms with E-state index in [1.165, 1.54) is 0 Å². The molecule has 1 rings (SSSR count). The predicted octanol–water partition coefficient (Wildman–Crippen LogP) is 0.603. The monoisotopic (exact) mass is 215 g/mol. The van der Waals surface area contributed by atoms with Crippen molar-refractivity contribution in [2.75, 3.05) is 0 Å². The van der Waals surface area contributed by atoms with Gasteiger partial charge in [-0.1, -0.05) is 0 Å². The Morgan fingerprint density at radius 1 is 1.53 bits per heavy atom. The van der Waals surface area contributed by atoms with Crippen LogP contribution in [0, 0.1) is 0 Å². The molecule has 0 bridgehead atoms. The van der Waals surface area contributed by atoms with Gasteiger partial charge in [0.1, 0.15) is 17.4 Å². The molecule has 0 heterocycles. The normalized spacial score (nSPS) is 30.3. The van der Waals surface area contributed by atoms with Crippen molar-refractivity contribution in [1.82, 2.24) is 5.32 Å². The van der Waals surface area contributed by atoms with E-state index in [0.717, 1.165) is 0 Å². The van der Waals surface area contributed by atoms with E-state index in [0.29, 0.717) is 6.29 Å². The molecule has 0 radical (unpaired) electrons. The SMILES string of the molecule is CC(C)(C)OC(=O)NC1(C=O)CC(O)C1. The van der Waals surface area contributed by atoms with Crippen LogP contribution in [-0.2, 0) is 9.53 Å². The fourth-order valence-corrected chi connectivity index (χ4v) is 1.52. The molecule has 0 aromatic rings. The minimum Gasteiger partial charge on any atom is -0.444 e. The highest BCUT2D eigenvalue weighted by Gasteiger charge is 2.45. The predicted molar refractivity (Wildman–Crippen MR) is 53.4 cm³/mol. The van der Waals surface area contributed by atoms with Gasteiger partial charge in [0.05, 0.1) is 6.10 Å². The molecule has 15 heavy (non-hydrogen) atoms. The highest BCUT2D eigenvalue weighted by atomic mass is 16.6. The zero-order valence-electron chi connectivity index (χ0n) is 9.24. The molecule has 0 unspecified atom stereocenters. The number of amides is 1. The number of aliphatic hydroxyl groups is 1. The van der Waals surface area contributed by atoms with E-state index in [-0.39, 0.29) is 12.8 Å². The summed E-state index contributed by atoms with van der Waals surface area (Å²) in [5.74, 6) is 0. The Morgan fingerprint density at radius 3 is 2.40 bits per heavy atom. The molecular weight excluding hydrogens is 198 g/mol. The molecule has 5 heteroatoms. The third-order valence-corrected chi connectivity index (χ3v) is 2.18. The molecule has 0 aromatic heterocycles. The topological polar surface area (TPSA) is 75.6 Å². The summed E-state index contributed by atoms with van der Waals surface area (Å²) < 4.78 is 5.02. The highest BCUT2D eigenvalue weighted by Crippen LogP contribution is 2.30. The van der Waals surface area contributed by atoms with Crippen molar-refractivity contribution in [1.29, 1.82) is 0 Å². The number of hydrogen-bond donors (Lipinski definition) is 2. The molecule has 2 N–H and O–H groups in total. The minimum atomic E-state index is -0.929. The van der Waals surface area contributed by atoms with Gasteiger partial charge >= 0.3 is 6.09 Å². The average Bonchev–Trinajstić information content (AvgIpc) is 1.97. The number of carbonyl (C=O) groups excluding carboxylic acids is 2. The van der Waals surface area contributed by atoms with Gasteiger partial charge in [-0.3, -0.25) is 0 Å². The zero-order chi connectivity index (χ0) is 11.7. The lowest BCUT2D eigenvalue weighted by Crippen LogP contribution is -2.61. The molecule has 1 aliphatic carbocycles. The van der Waals surface area contributed by atoms with Crippen LogP contribution in [0.4, 0.5) is 4.79 Å². The average molecular weight is 215 g/mol. The lowest BCUT2D eigenvalue weighted by atomic mass is 9.75. The Hall–Kier alpha value is -1.10. The van der Waals surface area contributed by atoms with E-state index in [4.69, 9.17) is 9.84 Å². The maximum atomic E-state index is 11.4. The summed E-state index contributed by atoms with van der Waals surface area (Å²) in [4.78, 5) is 22.1.